The van der Waals surface area contributed by atoms with E-state index < -0.39 is 30.4 Å². The summed E-state index contributed by atoms with van der Waals surface area (Å²) in [6.45, 7) is 8.66. The number of carbonyl (C=O) groups is 2. The van der Waals surface area contributed by atoms with E-state index in [1.807, 2.05) is 48.5 Å². The van der Waals surface area contributed by atoms with Gasteiger partial charge in [-0.1, -0.05) is 38.1 Å². The van der Waals surface area contributed by atoms with Crippen LogP contribution >= 0.6 is 11.6 Å². The molecule has 0 aliphatic rings. The summed E-state index contributed by atoms with van der Waals surface area (Å²) in [6, 6.07) is 15.4. The molecule has 3 atom stereocenters. The van der Waals surface area contributed by atoms with Crippen LogP contribution in [0.2, 0.25) is 0 Å². The van der Waals surface area contributed by atoms with Crippen molar-refractivity contribution in [1.82, 2.24) is 0 Å². The average molecular weight is 523 g/mol. The van der Waals surface area contributed by atoms with Gasteiger partial charge in [0.1, 0.15) is 30.8 Å². The third-order valence-electron chi connectivity index (χ3n) is 5.38. The topological polar surface area (TPSA) is 101 Å². The molecule has 0 aliphatic carbocycles. The summed E-state index contributed by atoms with van der Waals surface area (Å²) in [5.41, 5.74) is 1.87. The molecule has 1 unspecified atom stereocenters. The number of aliphatic hydroxyl groups is 1. The Bertz CT molecular complexity index is 957. The van der Waals surface area contributed by atoms with Gasteiger partial charge in [0, 0.05) is 19.3 Å². The molecular weight excluding hydrogens is 488 g/mol. The van der Waals surface area contributed by atoms with Crippen LogP contribution in [0.15, 0.2) is 48.5 Å². The molecule has 8 nitrogen and oxygen atoms in total. The number of ether oxygens (including phenoxy) is 5. The molecule has 0 spiro atoms. The average Bonchev–Trinajstić information content (AvgIpc) is 2.83. The molecule has 0 amide bonds. The van der Waals surface area contributed by atoms with Gasteiger partial charge in [-0.3, -0.25) is 9.59 Å². The lowest BCUT2D eigenvalue weighted by molar-refractivity contribution is -0.160. The highest BCUT2D eigenvalue weighted by molar-refractivity contribution is 6.18. The third-order valence-corrected chi connectivity index (χ3v) is 5.73. The first-order valence-electron chi connectivity index (χ1n) is 11.7. The molecule has 0 aromatic heterocycles. The van der Waals surface area contributed by atoms with E-state index in [0.29, 0.717) is 11.5 Å². The van der Waals surface area contributed by atoms with Gasteiger partial charge in [0.25, 0.3) is 0 Å². The van der Waals surface area contributed by atoms with Crippen LogP contribution in [0, 0.1) is 0 Å². The van der Waals surface area contributed by atoms with Gasteiger partial charge in [-0.15, -0.1) is 11.6 Å². The summed E-state index contributed by atoms with van der Waals surface area (Å²) in [6.07, 6.45) is -2.10. The zero-order valence-electron chi connectivity index (χ0n) is 21.4. The Morgan fingerprint density at radius 1 is 0.806 bits per heavy atom. The Hall–Kier alpha value is -2.81. The zero-order chi connectivity index (χ0) is 26.7. The van der Waals surface area contributed by atoms with Crippen LogP contribution in [0.1, 0.15) is 45.7 Å². The van der Waals surface area contributed by atoms with Crippen molar-refractivity contribution < 1.29 is 38.4 Å². The number of hydrogen-bond donors (Lipinski definition) is 1. The van der Waals surface area contributed by atoms with Gasteiger partial charge < -0.3 is 28.8 Å². The summed E-state index contributed by atoms with van der Waals surface area (Å²) in [5.74, 6) is 0.586. The van der Waals surface area contributed by atoms with Gasteiger partial charge in [0.15, 0.2) is 12.4 Å². The van der Waals surface area contributed by atoms with Crippen molar-refractivity contribution in [3.8, 4) is 11.5 Å². The number of rotatable bonds is 14. The zero-order valence-corrected chi connectivity index (χ0v) is 22.1. The Balaban J connectivity index is 1.99. The quantitative estimate of drug-likeness (QED) is 0.223. The third kappa shape index (κ3) is 9.68. The summed E-state index contributed by atoms with van der Waals surface area (Å²) in [4.78, 5) is 22.4. The van der Waals surface area contributed by atoms with Gasteiger partial charge >= 0.3 is 11.9 Å². The van der Waals surface area contributed by atoms with Gasteiger partial charge in [-0.2, -0.15) is 0 Å². The lowest BCUT2D eigenvalue weighted by Gasteiger charge is -2.27. The molecule has 2 rings (SSSR count). The van der Waals surface area contributed by atoms with E-state index in [9.17, 15) is 14.7 Å². The van der Waals surface area contributed by atoms with Crippen LogP contribution in [0.4, 0.5) is 0 Å². The van der Waals surface area contributed by atoms with Gasteiger partial charge in [-0.05, 0) is 42.3 Å². The molecule has 2 aromatic carbocycles. The lowest BCUT2D eigenvalue weighted by Crippen LogP contribution is -2.30. The molecular formula is C27H35ClO8. The second kappa shape index (κ2) is 14.1. The molecule has 0 radical (unpaired) electrons. The van der Waals surface area contributed by atoms with E-state index >= 15 is 0 Å². The Labute approximate surface area is 217 Å². The first-order chi connectivity index (χ1) is 17.0. The maximum Gasteiger partial charge on any atom is 0.303 e. The van der Waals surface area contributed by atoms with Crippen LogP contribution in [-0.4, -0.2) is 61.2 Å². The number of benzene rings is 2. The van der Waals surface area contributed by atoms with E-state index in [-0.39, 0.29) is 31.1 Å². The van der Waals surface area contributed by atoms with Crippen molar-refractivity contribution in [2.75, 3.05) is 25.7 Å². The SMILES string of the molecule is CC(=O)O[C@H](CCl)COc1ccc(C(C)(C)c2ccc(OC[C@@H](COC(C)O)OC(C)=O)cc2)cc1. The number of alkyl halides is 1. The molecule has 0 bridgehead atoms. The Kier molecular flexibility index (Phi) is 11.5. The largest absolute Gasteiger partial charge is 0.490 e. The smallest absolute Gasteiger partial charge is 0.303 e. The summed E-state index contributed by atoms with van der Waals surface area (Å²) < 4.78 is 26.9. The molecule has 0 aliphatic heterocycles. The van der Waals surface area contributed by atoms with Gasteiger partial charge in [-0.25, -0.2) is 0 Å². The minimum absolute atomic E-state index is 0.0261. The molecule has 36 heavy (non-hydrogen) atoms. The standard InChI is InChI=1S/C27H35ClO8/c1-18(29)32-16-26(36-20(3)31)17-34-24-12-8-22(9-13-24)27(4,5)21-6-10-23(11-7-21)33-15-25(14-28)35-19(2)30/h6-13,18,25-26,29H,14-17H2,1-5H3/t18?,25-,26-/m1/s1. The van der Waals surface area contributed by atoms with Crippen LogP contribution in [0.25, 0.3) is 0 Å². The van der Waals surface area contributed by atoms with Crippen molar-refractivity contribution in [3.63, 3.8) is 0 Å². The fraction of sp³-hybridized carbons (Fsp3) is 0.481. The maximum absolute atomic E-state index is 11.3. The predicted octanol–water partition coefficient (Wildman–Crippen LogP) is 4.23. The predicted molar refractivity (Wildman–Crippen MR) is 135 cm³/mol. The lowest BCUT2D eigenvalue weighted by atomic mass is 9.78. The summed E-state index contributed by atoms with van der Waals surface area (Å²) in [5, 5.41) is 9.29. The van der Waals surface area contributed by atoms with Gasteiger partial charge in [0.05, 0.1) is 12.5 Å². The van der Waals surface area contributed by atoms with E-state index in [1.54, 1.807) is 0 Å². The molecule has 0 saturated carbocycles. The maximum atomic E-state index is 11.3. The number of halogens is 1. The Morgan fingerprint density at radius 2 is 1.22 bits per heavy atom. The first-order valence-corrected chi connectivity index (χ1v) is 12.2. The van der Waals surface area contributed by atoms with Crippen LogP contribution in [0.5, 0.6) is 11.5 Å². The molecule has 9 heteroatoms. The molecule has 1 N–H and O–H groups in total. The normalized spacial score (nSPS) is 13.9. The fourth-order valence-electron chi connectivity index (χ4n) is 3.42. The number of esters is 2. The van der Waals surface area contributed by atoms with E-state index in [2.05, 4.69) is 13.8 Å². The fourth-order valence-corrected chi connectivity index (χ4v) is 3.57. The van der Waals surface area contributed by atoms with E-state index in [0.717, 1.165) is 11.1 Å². The summed E-state index contributed by atoms with van der Waals surface area (Å²) >= 11 is 5.82. The highest BCUT2D eigenvalue weighted by atomic mass is 35.5. The number of aliphatic hydroxyl groups excluding tert-OH is 1. The Morgan fingerprint density at radius 3 is 1.61 bits per heavy atom. The van der Waals surface area contributed by atoms with Crippen molar-refractivity contribution in [2.24, 2.45) is 0 Å². The van der Waals surface area contributed by atoms with Crippen LogP contribution in [0.3, 0.4) is 0 Å². The second-order valence-corrected chi connectivity index (χ2v) is 9.15. The number of hydrogen-bond acceptors (Lipinski definition) is 8. The molecule has 0 heterocycles. The van der Waals surface area contributed by atoms with Crippen molar-refractivity contribution >= 4 is 23.5 Å². The van der Waals surface area contributed by atoms with Crippen LogP contribution < -0.4 is 9.47 Å². The van der Waals surface area contributed by atoms with E-state index in [4.69, 9.17) is 35.3 Å². The minimum Gasteiger partial charge on any atom is -0.490 e. The minimum atomic E-state index is -0.964. The summed E-state index contributed by atoms with van der Waals surface area (Å²) in [7, 11) is 0. The van der Waals surface area contributed by atoms with E-state index in [1.165, 1.54) is 20.8 Å². The van der Waals surface area contributed by atoms with Crippen molar-refractivity contribution in [2.45, 2.75) is 58.5 Å². The molecule has 0 saturated heterocycles. The highest BCUT2D eigenvalue weighted by Gasteiger charge is 2.23. The van der Waals surface area contributed by atoms with Gasteiger partial charge in [0.2, 0.25) is 0 Å². The van der Waals surface area contributed by atoms with Crippen molar-refractivity contribution in [3.05, 3.63) is 59.7 Å². The first kappa shape index (κ1) is 29.4. The number of carbonyl (C=O) groups excluding carboxylic acids is 2. The monoisotopic (exact) mass is 522 g/mol. The van der Waals surface area contributed by atoms with Crippen LogP contribution in [-0.2, 0) is 29.2 Å². The van der Waals surface area contributed by atoms with Crippen molar-refractivity contribution in [1.29, 1.82) is 0 Å². The molecule has 0 fully saturated rings. The molecule has 2 aromatic rings. The highest BCUT2D eigenvalue weighted by Crippen LogP contribution is 2.33. The second-order valence-electron chi connectivity index (χ2n) is 8.85. The molecule has 198 valence electrons.